The molecule has 0 saturated heterocycles. The Kier molecular flexibility index (Phi) is 5.94. The number of hydrogen-bond acceptors (Lipinski definition) is 2. The summed E-state index contributed by atoms with van der Waals surface area (Å²) in [6, 6.07) is 8.44. The van der Waals surface area contributed by atoms with Crippen LogP contribution < -0.4 is 5.32 Å². The van der Waals surface area contributed by atoms with Crippen molar-refractivity contribution in [3.8, 4) is 0 Å². The smallest absolute Gasteiger partial charge is 0.0639 e. The molecule has 0 aliphatic rings. The van der Waals surface area contributed by atoms with E-state index in [0.29, 0.717) is 5.92 Å². The summed E-state index contributed by atoms with van der Waals surface area (Å²) >= 11 is 0. The van der Waals surface area contributed by atoms with E-state index in [1.807, 2.05) is 0 Å². The average molecular weight is 221 g/mol. The van der Waals surface area contributed by atoms with Gasteiger partial charge in [0.2, 0.25) is 0 Å². The number of rotatable bonds is 7. The van der Waals surface area contributed by atoms with Gasteiger partial charge in [-0.25, -0.2) is 0 Å². The first-order valence-electron chi connectivity index (χ1n) is 6.13. The molecule has 2 nitrogen and oxygen atoms in total. The van der Waals surface area contributed by atoms with E-state index in [-0.39, 0.29) is 0 Å². The van der Waals surface area contributed by atoms with Crippen molar-refractivity contribution >= 4 is 5.69 Å². The van der Waals surface area contributed by atoms with Crippen LogP contribution in [0.2, 0.25) is 0 Å². The van der Waals surface area contributed by atoms with Gasteiger partial charge in [0, 0.05) is 18.8 Å². The quantitative estimate of drug-likeness (QED) is 0.713. The molecular weight excluding hydrogens is 198 g/mol. The van der Waals surface area contributed by atoms with Crippen LogP contribution in [-0.2, 0) is 11.2 Å². The fourth-order valence-corrected chi connectivity index (χ4v) is 1.58. The molecule has 0 bridgehead atoms. The lowest BCUT2D eigenvalue weighted by molar-refractivity contribution is 0.118. The standard InChI is InChI=1S/C14H23NO/c1-4-13-7-5-6-8-14(13)15-9-10-16-11-12(2)3/h5-8,12,15H,4,9-11H2,1-3H3. The van der Waals surface area contributed by atoms with Crippen molar-refractivity contribution in [2.75, 3.05) is 25.1 Å². The Labute approximate surface area is 99.0 Å². The number of ether oxygens (including phenoxy) is 1. The molecule has 0 aromatic heterocycles. The summed E-state index contributed by atoms with van der Waals surface area (Å²) in [4.78, 5) is 0. The molecule has 2 heteroatoms. The molecule has 90 valence electrons. The van der Waals surface area contributed by atoms with Crippen molar-refractivity contribution in [1.29, 1.82) is 0 Å². The fraction of sp³-hybridized carbons (Fsp3) is 0.571. The summed E-state index contributed by atoms with van der Waals surface area (Å²) in [5, 5.41) is 3.41. The monoisotopic (exact) mass is 221 g/mol. The second kappa shape index (κ2) is 7.29. The van der Waals surface area contributed by atoms with Crippen LogP contribution in [0.15, 0.2) is 24.3 Å². The highest BCUT2D eigenvalue weighted by Gasteiger charge is 1.98. The molecule has 0 amide bonds. The molecule has 0 aliphatic carbocycles. The minimum absolute atomic E-state index is 0.614. The average Bonchev–Trinajstić information content (AvgIpc) is 2.29. The van der Waals surface area contributed by atoms with Crippen LogP contribution in [0, 0.1) is 5.92 Å². The van der Waals surface area contributed by atoms with Crippen LogP contribution in [0.25, 0.3) is 0 Å². The maximum absolute atomic E-state index is 5.53. The van der Waals surface area contributed by atoms with Gasteiger partial charge in [-0.05, 0) is 24.0 Å². The number of para-hydroxylation sites is 1. The van der Waals surface area contributed by atoms with E-state index in [4.69, 9.17) is 4.74 Å². The number of nitrogens with one attached hydrogen (secondary N) is 1. The van der Waals surface area contributed by atoms with Crippen LogP contribution in [0.4, 0.5) is 5.69 Å². The maximum atomic E-state index is 5.53. The lowest BCUT2D eigenvalue weighted by Crippen LogP contribution is -2.12. The minimum atomic E-state index is 0.614. The van der Waals surface area contributed by atoms with Gasteiger partial charge in [0.1, 0.15) is 0 Å². The van der Waals surface area contributed by atoms with Crippen LogP contribution >= 0.6 is 0 Å². The van der Waals surface area contributed by atoms with Crippen molar-refractivity contribution in [1.82, 2.24) is 0 Å². The Morgan fingerprint density at radius 2 is 2.00 bits per heavy atom. The van der Waals surface area contributed by atoms with Crippen LogP contribution in [-0.4, -0.2) is 19.8 Å². The zero-order valence-corrected chi connectivity index (χ0v) is 10.6. The molecule has 1 aromatic rings. The first kappa shape index (κ1) is 13.0. The molecule has 0 aliphatic heterocycles. The summed E-state index contributed by atoms with van der Waals surface area (Å²) in [5.41, 5.74) is 2.60. The maximum Gasteiger partial charge on any atom is 0.0639 e. The normalized spacial score (nSPS) is 10.8. The van der Waals surface area contributed by atoms with Gasteiger partial charge in [-0.15, -0.1) is 0 Å². The summed E-state index contributed by atoms with van der Waals surface area (Å²) in [6.45, 7) is 9.01. The molecule has 1 aromatic carbocycles. The van der Waals surface area contributed by atoms with Crippen molar-refractivity contribution in [2.45, 2.75) is 27.2 Å². The highest BCUT2D eigenvalue weighted by molar-refractivity contribution is 5.50. The number of anilines is 1. The summed E-state index contributed by atoms with van der Waals surface area (Å²) in [5.74, 6) is 0.614. The van der Waals surface area contributed by atoms with Gasteiger partial charge >= 0.3 is 0 Å². The van der Waals surface area contributed by atoms with Crippen molar-refractivity contribution in [3.05, 3.63) is 29.8 Å². The van der Waals surface area contributed by atoms with E-state index in [2.05, 4.69) is 50.4 Å². The van der Waals surface area contributed by atoms with E-state index in [1.54, 1.807) is 0 Å². The molecule has 0 fully saturated rings. The molecule has 0 spiro atoms. The van der Waals surface area contributed by atoms with Gasteiger partial charge in [0.25, 0.3) is 0 Å². The zero-order valence-electron chi connectivity index (χ0n) is 10.6. The lowest BCUT2D eigenvalue weighted by Gasteiger charge is -2.11. The fourth-order valence-electron chi connectivity index (χ4n) is 1.58. The highest BCUT2D eigenvalue weighted by Crippen LogP contribution is 2.14. The Bertz CT molecular complexity index is 297. The van der Waals surface area contributed by atoms with Crippen molar-refractivity contribution in [2.24, 2.45) is 5.92 Å². The van der Waals surface area contributed by atoms with E-state index in [9.17, 15) is 0 Å². The third-order valence-electron chi connectivity index (χ3n) is 2.41. The molecule has 0 heterocycles. The van der Waals surface area contributed by atoms with Gasteiger partial charge in [-0.2, -0.15) is 0 Å². The molecule has 0 radical (unpaired) electrons. The van der Waals surface area contributed by atoms with E-state index >= 15 is 0 Å². The first-order valence-corrected chi connectivity index (χ1v) is 6.13. The predicted octanol–water partition coefficient (Wildman–Crippen LogP) is 3.33. The highest BCUT2D eigenvalue weighted by atomic mass is 16.5. The third kappa shape index (κ3) is 4.67. The van der Waals surface area contributed by atoms with Crippen LogP contribution in [0.3, 0.4) is 0 Å². The minimum Gasteiger partial charge on any atom is -0.383 e. The third-order valence-corrected chi connectivity index (χ3v) is 2.41. The number of benzene rings is 1. The number of aryl methyl sites for hydroxylation is 1. The Hall–Kier alpha value is -1.02. The Morgan fingerprint density at radius 1 is 1.25 bits per heavy atom. The summed E-state index contributed by atoms with van der Waals surface area (Å²) in [6.07, 6.45) is 1.07. The predicted molar refractivity (Wildman–Crippen MR) is 70.0 cm³/mol. The van der Waals surface area contributed by atoms with Gasteiger partial charge in [-0.3, -0.25) is 0 Å². The van der Waals surface area contributed by atoms with E-state index < -0.39 is 0 Å². The molecule has 0 unspecified atom stereocenters. The molecule has 1 rings (SSSR count). The van der Waals surface area contributed by atoms with Crippen LogP contribution in [0.5, 0.6) is 0 Å². The van der Waals surface area contributed by atoms with Crippen molar-refractivity contribution < 1.29 is 4.74 Å². The van der Waals surface area contributed by atoms with Gasteiger partial charge < -0.3 is 10.1 Å². The Morgan fingerprint density at radius 3 is 2.69 bits per heavy atom. The largest absolute Gasteiger partial charge is 0.383 e. The second-order valence-electron chi connectivity index (χ2n) is 4.41. The van der Waals surface area contributed by atoms with Gasteiger partial charge in [0.05, 0.1) is 6.61 Å². The van der Waals surface area contributed by atoms with Crippen molar-refractivity contribution in [3.63, 3.8) is 0 Å². The SMILES string of the molecule is CCc1ccccc1NCCOCC(C)C. The molecule has 0 saturated carbocycles. The Balaban J connectivity index is 2.26. The number of hydrogen-bond donors (Lipinski definition) is 1. The molecule has 16 heavy (non-hydrogen) atoms. The summed E-state index contributed by atoms with van der Waals surface area (Å²) < 4.78 is 5.53. The van der Waals surface area contributed by atoms with Gasteiger partial charge in [0.15, 0.2) is 0 Å². The van der Waals surface area contributed by atoms with Gasteiger partial charge in [-0.1, -0.05) is 39.0 Å². The lowest BCUT2D eigenvalue weighted by atomic mass is 10.1. The van der Waals surface area contributed by atoms with E-state index in [0.717, 1.165) is 26.2 Å². The summed E-state index contributed by atoms with van der Waals surface area (Å²) in [7, 11) is 0. The second-order valence-corrected chi connectivity index (χ2v) is 4.41. The zero-order chi connectivity index (χ0) is 11.8. The van der Waals surface area contributed by atoms with Crippen LogP contribution in [0.1, 0.15) is 26.3 Å². The topological polar surface area (TPSA) is 21.3 Å². The van der Waals surface area contributed by atoms with E-state index in [1.165, 1.54) is 11.3 Å². The first-order chi connectivity index (χ1) is 7.74. The molecule has 1 N–H and O–H groups in total. The molecular formula is C14H23NO. The molecule has 0 atom stereocenters.